The van der Waals surface area contributed by atoms with Crippen LogP contribution >= 0.6 is 0 Å². The molecular formula is C18H19NO6. The number of phenols is 1. The molecule has 0 aromatic heterocycles. The quantitative estimate of drug-likeness (QED) is 0.448. The van der Waals surface area contributed by atoms with Gasteiger partial charge in [0.15, 0.2) is 17.3 Å². The number of hydrogen-bond donors (Lipinski definition) is 1. The average Bonchev–Trinajstić information content (AvgIpc) is 2.60. The second kappa shape index (κ2) is 8.14. The molecule has 0 bridgehead atoms. The van der Waals surface area contributed by atoms with Gasteiger partial charge in [-0.3, -0.25) is 14.9 Å². The largest absolute Gasteiger partial charge is 0.508 e. The van der Waals surface area contributed by atoms with E-state index in [9.17, 15) is 20.0 Å². The minimum Gasteiger partial charge on any atom is -0.508 e. The van der Waals surface area contributed by atoms with E-state index in [0.29, 0.717) is 22.6 Å². The third-order valence-electron chi connectivity index (χ3n) is 3.87. The number of Topliss-reactive ketones (excluding diaryl/α,β-unsaturated/α-hetero) is 1. The van der Waals surface area contributed by atoms with Crippen molar-refractivity contribution in [2.24, 2.45) is 0 Å². The molecule has 1 N–H and O–H groups in total. The van der Waals surface area contributed by atoms with Crippen LogP contribution in [-0.2, 0) is 0 Å². The Morgan fingerprint density at radius 1 is 1.12 bits per heavy atom. The highest BCUT2D eigenvalue weighted by Gasteiger charge is 2.23. The van der Waals surface area contributed by atoms with Crippen molar-refractivity contribution in [3.05, 3.63) is 63.7 Å². The van der Waals surface area contributed by atoms with E-state index in [4.69, 9.17) is 9.47 Å². The summed E-state index contributed by atoms with van der Waals surface area (Å²) in [5, 5.41) is 20.3. The molecule has 132 valence electrons. The SMILES string of the molecule is COc1ccc(C(CC(=O)c2ccc(O)cc2)C[N+](=O)[O-])cc1OC. The van der Waals surface area contributed by atoms with Crippen molar-refractivity contribution in [2.75, 3.05) is 20.8 Å². The first-order chi connectivity index (χ1) is 11.9. The molecule has 7 heteroatoms. The van der Waals surface area contributed by atoms with E-state index in [1.165, 1.54) is 38.5 Å². The number of ketones is 1. The van der Waals surface area contributed by atoms with E-state index in [2.05, 4.69) is 0 Å². The number of benzene rings is 2. The van der Waals surface area contributed by atoms with Gasteiger partial charge in [0.25, 0.3) is 0 Å². The van der Waals surface area contributed by atoms with Gasteiger partial charge in [-0.05, 0) is 42.0 Å². The van der Waals surface area contributed by atoms with Crippen LogP contribution in [0.2, 0.25) is 0 Å². The van der Waals surface area contributed by atoms with Gasteiger partial charge in [-0.2, -0.15) is 0 Å². The smallest absolute Gasteiger partial charge is 0.211 e. The normalized spacial score (nSPS) is 11.6. The second-order valence-electron chi connectivity index (χ2n) is 5.50. The van der Waals surface area contributed by atoms with Crippen LogP contribution in [0.15, 0.2) is 42.5 Å². The molecule has 0 radical (unpaired) electrons. The van der Waals surface area contributed by atoms with Crippen LogP contribution in [-0.4, -0.2) is 36.6 Å². The van der Waals surface area contributed by atoms with Crippen LogP contribution in [0.5, 0.6) is 17.2 Å². The van der Waals surface area contributed by atoms with Gasteiger partial charge in [0.2, 0.25) is 6.54 Å². The Balaban J connectivity index is 2.28. The van der Waals surface area contributed by atoms with Crippen molar-refractivity contribution in [3.63, 3.8) is 0 Å². The third-order valence-corrected chi connectivity index (χ3v) is 3.87. The van der Waals surface area contributed by atoms with Gasteiger partial charge in [0.05, 0.1) is 20.1 Å². The summed E-state index contributed by atoms with van der Waals surface area (Å²) in [6.45, 7) is -0.376. The number of aromatic hydroxyl groups is 1. The predicted molar refractivity (Wildman–Crippen MR) is 91.2 cm³/mol. The van der Waals surface area contributed by atoms with Crippen molar-refractivity contribution in [3.8, 4) is 17.2 Å². The number of rotatable bonds is 8. The zero-order valence-corrected chi connectivity index (χ0v) is 14.0. The molecule has 0 spiro atoms. The minimum atomic E-state index is -0.601. The van der Waals surface area contributed by atoms with Gasteiger partial charge >= 0.3 is 0 Å². The first-order valence-electron chi connectivity index (χ1n) is 7.60. The summed E-state index contributed by atoms with van der Waals surface area (Å²) in [4.78, 5) is 23.0. The van der Waals surface area contributed by atoms with Gasteiger partial charge in [0, 0.05) is 16.9 Å². The standard InChI is InChI=1S/C18H19NO6/c1-24-17-8-5-13(10-18(17)25-2)14(11-19(22)23)9-16(21)12-3-6-15(20)7-4-12/h3-8,10,14,20H,9,11H2,1-2H3. The van der Waals surface area contributed by atoms with Gasteiger partial charge in [-0.25, -0.2) is 0 Å². The Labute approximate surface area is 145 Å². The molecule has 25 heavy (non-hydrogen) atoms. The molecule has 2 rings (SSSR count). The number of carbonyl (C=O) groups is 1. The van der Waals surface area contributed by atoms with Gasteiger partial charge < -0.3 is 14.6 Å². The number of nitrogens with zero attached hydrogens (tertiary/aromatic N) is 1. The van der Waals surface area contributed by atoms with E-state index in [-0.39, 0.29) is 24.5 Å². The molecule has 0 saturated carbocycles. The summed E-state index contributed by atoms with van der Waals surface area (Å²) in [6, 6.07) is 10.8. The monoisotopic (exact) mass is 345 g/mol. The maximum absolute atomic E-state index is 12.4. The van der Waals surface area contributed by atoms with E-state index >= 15 is 0 Å². The Morgan fingerprint density at radius 3 is 2.32 bits per heavy atom. The molecule has 1 unspecified atom stereocenters. The number of hydrogen-bond acceptors (Lipinski definition) is 6. The summed E-state index contributed by atoms with van der Waals surface area (Å²) in [6.07, 6.45) is -0.0265. The Bertz CT molecular complexity index is 757. The van der Waals surface area contributed by atoms with Gasteiger partial charge in [0.1, 0.15) is 5.75 Å². The fourth-order valence-corrected chi connectivity index (χ4v) is 2.56. The Morgan fingerprint density at radius 2 is 1.76 bits per heavy atom. The fourth-order valence-electron chi connectivity index (χ4n) is 2.56. The molecular weight excluding hydrogens is 326 g/mol. The summed E-state index contributed by atoms with van der Waals surface area (Å²) < 4.78 is 10.4. The lowest BCUT2D eigenvalue weighted by Crippen LogP contribution is -2.17. The number of phenolic OH excluding ortho intramolecular Hbond substituents is 1. The maximum atomic E-state index is 12.4. The molecule has 2 aromatic carbocycles. The van der Waals surface area contributed by atoms with Gasteiger partial charge in [-0.1, -0.05) is 6.07 Å². The molecule has 0 heterocycles. The summed E-state index contributed by atoms with van der Waals surface area (Å²) in [5.41, 5.74) is 1.02. The maximum Gasteiger partial charge on any atom is 0.211 e. The number of nitro groups is 1. The van der Waals surface area contributed by atoms with E-state index in [1.807, 2.05) is 0 Å². The predicted octanol–water partition coefficient (Wildman–Crippen LogP) is 3.04. The molecule has 0 amide bonds. The lowest BCUT2D eigenvalue weighted by atomic mass is 9.91. The summed E-state index contributed by atoms with van der Waals surface area (Å²) >= 11 is 0. The number of methoxy groups -OCH3 is 2. The van der Waals surface area contributed by atoms with Crippen molar-refractivity contribution in [1.82, 2.24) is 0 Å². The van der Waals surface area contributed by atoms with Crippen molar-refractivity contribution in [2.45, 2.75) is 12.3 Å². The minimum absolute atomic E-state index is 0.0265. The Kier molecular flexibility index (Phi) is 5.94. The van der Waals surface area contributed by atoms with Crippen LogP contribution < -0.4 is 9.47 Å². The van der Waals surface area contributed by atoms with Crippen LogP contribution in [0.4, 0.5) is 0 Å². The molecule has 0 fully saturated rings. The molecule has 0 aliphatic carbocycles. The second-order valence-corrected chi connectivity index (χ2v) is 5.50. The zero-order chi connectivity index (χ0) is 18.4. The first kappa shape index (κ1) is 18.3. The molecule has 0 aliphatic rings. The van der Waals surface area contributed by atoms with Gasteiger partial charge in [-0.15, -0.1) is 0 Å². The average molecular weight is 345 g/mol. The third kappa shape index (κ3) is 4.69. The highest BCUT2D eigenvalue weighted by Crippen LogP contribution is 2.32. The zero-order valence-electron chi connectivity index (χ0n) is 14.0. The molecule has 2 aromatic rings. The molecule has 0 aliphatic heterocycles. The molecule has 1 atom stereocenters. The fraction of sp³-hybridized carbons (Fsp3) is 0.278. The topological polar surface area (TPSA) is 98.9 Å². The van der Waals surface area contributed by atoms with E-state index in [1.54, 1.807) is 18.2 Å². The van der Waals surface area contributed by atoms with E-state index in [0.717, 1.165) is 0 Å². The molecule has 7 nitrogen and oxygen atoms in total. The van der Waals surface area contributed by atoms with Crippen molar-refractivity contribution in [1.29, 1.82) is 0 Å². The van der Waals surface area contributed by atoms with Crippen molar-refractivity contribution >= 4 is 5.78 Å². The summed E-state index contributed by atoms with van der Waals surface area (Å²) in [5.74, 6) is 0.178. The highest BCUT2D eigenvalue weighted by molar-refractivity contribution is 5.96. The lowest BCUT2D eigenvalue weighted by Gasteiger charge is -2.15. The van der Waals surface area contributed by atoms with Crippen LogP contribution in [0.3, 0.4) is 0 Å². The summed E-state index contributed by atoms with van der Waals surface area (Å²) in [7, 11) is 2.98. The molecule has 0 saturated heterocycles. The highest BCUT2D eigenvalue weighted by atomic mass is 16.6. The van der Waals surface area contributed by atoms with Crippen LogP contribution in [0, 0.1) is 10.1 Å². The van der Waals surface area contributed by atoms with Crippen LogP contribution in [0.25, 0.3) is 0 Å². The Hall–Kier alpha value is -3.09. The first-order valence-corrected chi connectivity index (χ1v) is 7.60. The number of ether oxygens (including phenoxy) is 2. The van der Waals surface area contributed by atoms with Crippen molar-refractivity contribution < 1.29 is 24.3 Å². The van der Waals surface area contributed by atoms with E-state index < -0.39 is 10.8 Å². The lowest BCUT2D eigenvalue weighted by molar-refractivity contribution is -0.483. The van der Waals surface area contributed by atoms with Crippen LogP contribution in [0.1, 0.15) is 28.3 Å². The number of carbonyl (C=O) groups excluding carboxylic acids is 1.